The minimum Gasteiger partial charge on any atom is -0.326 e. The molecule has 1 aliphatic carbocycles. The van der Waals surface area contributed by atoms with Crippen LogP contribution in [0.4, 0.5) is 0 Å². The molecule has 0 amide bonds. The zero-order chi connectivity index (χ0) is 9.19. The van der Waals surface area contributed by atoms with Crippen LogP contribution in [0.15, 0.2) is 0 Å². The number of hydrogen-bond acceptors (Lipinski definition) is 2. The Balaban J connectivity index is 2.04. The average Bonchev–Trinajstić information content (AvgIpc) is 2.69. The highest BCUT2D eigenvalue weighted by Crippen LogP contribution is 2.27. The van der Waals surface area contributed by atoms with Crippen molar-refractivity contribution < 1.29 is 0 Å². The monoisotopic (exact) mass is 170 g/mol. The first-order valence-electron chi connectivity index (χ1n) is 4.96. The fourth-order valence-electron chi connectivity index (χ4n) is 1.07. The summed E-state index contributed by atoms with van der Waals surface area (Å²) in [4.78, 5) is 0. The molecule has 3 N–H and O–H groups in total. The van der Waals surface area contributed by atoms with Gasteiger partial charge in [0, 0.05) is 12.6 Å². The summed E-state index contributed by atoms with van der Waals surface area (Å²) in [5.74, 6) is 0.956. The molecule has 0 aromatic heterocycles. The molecular weight excluding hydrogens is 148 g/mol. The zero-order valence-electron chi connectivity index (χ0n) is 8.56. The molecule has 0 bridgehead atoms. The van der Waals surface area contributed by atoms with Crippen molar-refractivity contribution in [2.75, 3.05) is 13.1 Å². The van der Waals surface area contributed by atoms with Crippen molar-refractivity contribution in [3.05, 3.63) is 0 Å². The molecule has 12 heavy (non-hydrogen) atoms. The number of hydrogen-bond donors (Lipinski definition) is 2. The second-order valence-corrected chi connectivity index (χ2v) is 5.07. The lowest BCUT2D eigenvalue weighted by atomic mass is 9.87. The van der Waals surface area contributed by atoms with Gasteiger partial charge in [-0.2, -0.15) is 0 Å². The van der Waals surface area contributed by atoms with E-state index in [1.807, 2.05) is 0 Å². The number of nitrogens with two attached hydrogens (primary N) is 1. The predicted octanol–water partition coefficient (Wildman–Crippen LogP) is 1.36. The third kappa shape index (κ3) is 3.55. The number of nitrogens with one attached hydrogen (secondary N) is 1. The average molecular weight is 170 g/mol. The molecule has 0 heterocycles. The van der Waals surface area contributed by atoms with Crippen molar-refractivity contribution in [3.8, 4) is 0 Å². The first kappa shape index (κ1) is 10.0. The summed E-state index contributed by atoms with van der Waals surface area (Å²) in [6.07, 6.45) is 2.83. The molecule has 72 valence electrons. The van der Waals surface area contributed by atoms with Gasteiger partial charge in [0.05, 0.1) is 0 Å². The fraction of sp³-hybridized carbons (Fsp3) is 1.00. The predicted molar refractivity (Wildman–Crippen MR) is 53.0 cm³/mol. The summed E-state index contributed by atoms with van der Waals surface area (Å²) in [7, 11) is 0. The molecule has 0 saturated heterocycles. The molecule has 1 fully saturated rings. The molecule has 2 heteroatoms. The molecule has 0 radical (unpaired) electrons. The summed E-state index contributed by atoms with van der Waals surface area (Å²) in [5, 5.41) is 3.43. The summed E-state index contributed by atoms with van der Waals surface area (Å²) < 4.78 is 0. The standard InChI is InChI=1S/C10H22N2/c1-10(2,3)9(11)7-12-6-8-4-5-8/h8-9,12H,4-7,11H2,1-3H3. The fourth-order valence-corrected chi connectivity index (χ4v) is 1.07. The first-order chi connectivity index (χ1) is 5.50. The second kappa shape index (κ2) is 3.75. The molecule has 0 spiro atoms. The highest BCUT2D eigenvalue weighted by Gasteiger charge is 2.23. The molecule has 0 aliphatic heterocycles. The Hall–Kier alpha value is -0.0800. The van der Waals surface area contributed by atoms with Gasteiger partial charge >= 0.3 is 0 Å². The molecule has 1 unspecified atom stereocenters. The maximum absolute atomic E-state index is 5.99. The third-order valence-corrected chi connectivity index (χ3v) is 2.61. The van der Waals surface area contributed by atoms with E-state index in [1.165, 1.54) is 19.4 Å². The topological polar surface area (TPSA) is 38.0 Å². The van der Waals surface area contributed by atoms with Crippen molar-refractivity contribution in [1.29, 1.82) is 0 Å². The largest absolute Gasteiger partial charge is 0.326 e. The first-order valence-corrected chi connectivity index (χ1v) is 4.96. The summed E-state index contributed by atoms with van der Waals surface area (Å²) >= 11 is 0. The van der Waals surface area contributed by atoms with E-state index in [-0.39, 0.29) is 11.5 Å². The van der Waals surface area contributed by atoms with Gasteiger partial charge in [-0.15, -0.1) is 0 Å². The third-order valence-electron chi connectivity index (χ3n) is 2.61. The molecule has 1 aliphatic rings. The van der Waals surface area contributed by atoms with Gasteiger partial charge in [-0.05, 0) is 30.7 Å². The second-order valence-electron chi connectivity index (χ2n) is 5.07. The van der Waals surface area contributed by atoms with Crippen LogP contribution >= 0.6 is 0 Å². The van der Waals surface area contributed by atoms with Crippen LogP contribution in [0.25, 0.3) is 0 Å². The Morgan fingerprint density at radius 1 is 1.42 bits per heavy atom. The van der Waals surface area contributed by atoms with Gasteiger partial charge in [0.1, 0.15) is 0 Å². The van der Waals surface area contributed by atoms with E-state index in [9.17, 15) is 0 Å². The van der Waals surface area contributed by atoms with Crippen LogP contribution in [0.1, 0.15) is 33.6 Å². The lowest BCUT2D eigenvalue weighted by Gasteiger charge is -2.27. The molecule has 0 aromatic rings. The van der Waals surface area contributed by atoms with Crippen molar-refractivity contribution in [1.82, 2.24) is 5.32 Å². The minimum atomic E-state index is 0.233. The lowest BCUT2D eigenvalue weighted by molar-refractivity contribution is 0.308. The van der Waals surface area contributed by atoms with E-state index in [4.69, 9.17) is 5.73 Å². The van der Waals surface area contributed by atoms with Crippen molar-refractivity contribution >= 4 is 0 Å². The Labute approximate surface area is 75.9 Å². The van der Waals surface area contributed by atoms with E-state index >= 15 is 0 Å². The number of rotatable bonds is 4. The van der Waals surface area contributed by atoms with Crippen LogP contribution in [0.2, 0.25) is 0 Å². The molecule has 1 saturated carbocycles. The smallest absolute Gasteiger partial charge is 0.0214 e. The molecule has 1 rings (SSSR count). The Kier molecular flexibility index (Phi) is 3.13. The van der Waals surface area contributed by atoms with Gasteiger partial charge in [0.2, 0.25) is 0 Å². The summed E-state index contributed by atoms with van der Waals surface area (Å²) in [6.45, 7) is 8.70. The molecular formula is C10H22N2. The van der Waals surface area contributed by atoms with Crippen molar-refractivity contribution in [3.63, 3.8) is 0 Å². The minimum absolute atomic E-state index is 0.233. The van der Waals surface area contributed by atoms with Gasteiger partial charge < -0.3 is 11.1 Å². The molecule has 1 atom stereocenters. The summed E-state index contributed by atoms with van der Waals surface area (Å²) in [5.41, 5.74) is 6.23. The molecule has 0 aromatic carbocycles. The van der Waals surface area contributed by atoms with Gasteiger partial charge in [-0.3, -0.25) is 0 Å². The van der Waals surface area contributed by atoms with E-state index in [1.54, 1.807) is 0 Å². The lowest BCUT2D eigenvalue weighted by Crippen LogP contribution is -2.43. The Morgan fingerprint density at radius 3 is 2.42 bits per heavy atom. The maximum Gasteiger partial charge on any atom is 0.0214 e. The van der Waals surface area contributed by atoms with E-state index in [0.29, 0.717) is 0 Å². The quantitative estimate of drug-likeness (QED) is 0.668. The highest BCUT2D eigenvalue weighted by molar-refractivity contribution is 4.81. The Morgan fingerprint density at radius 2 is 2.00 bits per heavy atom. The maximum atomic E-state index is 5.99. The van der Waals surface area contributed by atoms with Crippen molar-refractivity contribution in [2.24, 2.45) is 17.1 Å². The van der Waals surface area contributed by atoms with Gasteiger partial charge in [0.15, 0.2) is 0 Å². The van der Waals surface area contributed by atoms with Crippen LogP contribution in [0.5, 0.6) is 0 Å². The van der Waals surface area contributed by atoms with Crippen LogP contribution in [-0.4, -0.2) is 19.1 Å². The van der Waals surface area contributed by atoms with Gasteiger partial charge in [-0.1, -0.05) is 20.8 Å². The normalized spacial score (nSPS) is 21.0. The SMILES string of the molecule is CC(C)(C)C(N)CNCC1CC1. The van der Waals surface area contributed by atoms with Crippen LogP contribution in [0, 0.1) is 11.3 Å². The van der Waals surface area contributed by atoms with E-state index in [2.05, 4.69) is 26.1 Å². The van der Waals surface area contributed by atoms with E-state index in [0.717, 1.165) is 12.5 Å². The van der Waals surface area contributed by atoms with Gasteiger partial charge in [0.25, 0.3) is 0 Å². The summed E-state index contributed by atoms with van der Waals surface area (Å²) in [6, 6.07) is 0.274. The van der Waals surface area contributed by atoms with Crippen LogP contribution in [-0.2, 0) is 0 Å². The van der Waals surface area contributed by atoms with Crippen molar-refractivity contribution in [2.45, 2.75) is 39.7 Å². The zero-order valence-corrected chi connectivity index (χ0v) is 8.56. The van der Waals surface area contributed by atoms with Crippen LogP contribution < -0.4 is 11.1 Å². The molecule has 2 nitrogen and oxygen atoms in total. The van der Waals surface area contributed by atoms with Gasteiger partial charge in [-0.25, -0.2) is 0 Å². The van der Waals surface area contributed by atoms with E-state index < -0.39 is 0 Å². The van der Waals surface area contributed by atoms with Crippen LogP contribution in [0.3, 0.4) is 0 Å². The Bertz CT molecular complexity index is 133. The highest BCUT2D eigenvalue weighted by atomic mass is 14.9.